The molecule has 10 aromatic rings. The van der Waals surface area contributed by atoms with Crippen LogP contribution in [0.2, 0.25) is 0 Å². The molecule has 0 aliphatic heterocycles. The lowest BCUT2D eigenvalue weighted by atomic mass is 9.84. The van der Waals surface area contributed by atoms with E-state index in [4.69, 9.17) is 11.3 Å². The van der Waals surface area contributed by atoms with Crippen LogP contribution in [-0.4, -0.2) is 0 Å². The first-order valence-corrected chi connectivity index (χ1v) is 16.0. The molecule has 1 nitrogen and oxygen atoms in total. The Kier molecular flexibility index (Phi) is 4.39. The minimum atomic E-state index is -0.414. The van der Waals surface area contributed by atoms with Gasteiger partial charge in [0.2, 0.25) is 0 Å². The molecule has 228 valence electrons. The van der Waals surface area contributed by atoms with Crippen LogP contribution in [-0.2, 0) is 0 Å². The fourth-order valence-electron chi connectivity index (χ4n) is 7.01. The first-order chi connectivity index (χ1) is 28.5. The quantitative estimate of drug-likeness (QED) is 0.176. The highest BCUT2D eigenvalue weighted by atomic mass is 16.3. The summed E-state index contributed by atoms with van der Waals surface area (Å²) >= 11 is 0. The predicted octanol–water partition coefficient (Wildman–Crippen LogP) is 13.7. The number of benzene rings is 9. The van der Waals surface area contributed by atoms with Gasteiger partial charge in [-0.25, -0.2) is 0 Å². The zero-order valence-corrected chi connectivity index (χ0v) is 26.0. The molecule has 0 fully saturated rings. The van der Waals surface area contributed by atoms with Gasteiger partial charge in [-0.3, -0.25) is 0 Å². The lowest BCUT2D eigenvalue weighted by Crippen LogP contribution is -1.91. The largest absolute Gasteiger partial charge is 0.456 e. The van der Waals surface area contributed by atoms with Gasteiger partial charge < -0.3 is 4.42 Å². The summed E-state index contributed by atoms with van der Waals surface area (Å²) in [6.45, 7) is 0. The highest BCUT2D eigenvalue weighted by Gasteiger charge is 2.20. The topological polar surface area (TPSA) is 13.1 Å². The Morgan fingerprint density at radius 3 is 1.80 bits per heavy atom. The fourth-order valence-corrected chi connectivity index (χ4v) is 7.01. The van der Waals surface area contributed by atoms with Crippen LogP contribution in [0, 0.1) is 0 Å². The maximum Gasteiger partial charge on any atom is 0.136 e. The number of hydrogen-bond acceptors (Lipinski definition) is 1. The summed E-state index contributed by atoms with van der Waals surface area (Å²) in [5, 5.41) is 4.45. The summed E-state index contributed by atoms with van der Waals surface area (Å²) in [5.41, 5.74) is 2.78. The third-order valence-electron chi connectivity index (χ3n) is 9.23. The Hall–Kier alpha value is -6.44. The van der Waals surface area contributed by atoms with E-state index in [0.717, 1.165) is 10.8 Å². The second kappa shape index (κ2) is 11.1. The lowest BCUT2D eigenvalue weighted by Gasteiger charge is -2.18. The van der Waals surface area contributed by atoms with Crippen molar-refractivity contribution in [2.24, 2.45) is 0 Å². The van der Waals surface area contributed by atoms with Gasteiger partial charge in [0, 0.05) is 10.8 Å². The van der Waals surface area contributed by atoms with E-state index in [0.29, 0.717) is 43.8 Å². The molecule has 0 spiro atoms. The summed E-state index contributed by atoms with van der Waals surface area (Å²) in [6.07, 6.45) is 0. The Labute approximate surface area is 298 Å². The maximum absolute atomic E-state index is 9.71. The summed E-state index contributed by atoms with van der Waals surface area (Å²) in [5.74, 6) is 0. The molecule has 0 aliphatic rings. The second-order valence-corrected chi connectivity index (χ2v) is 12.0. The molecule has 0 amide bonds. The molecule has 0 N–H and O–H groups in total. The Balaban J connectivity index is 1.35. The zero-order valence-electron chi connectivity index (χ0n) is 36.0. The summed E-state index contributed by atoms with van der Waals surface area (Å²) in [6, 6.07) is 34.4. The number of rotatable bonds is 4. The molecule has 0 radical (unpaired) electrons. The van der Waals surface area contributed by atoms with Crippen LogP contribution in [0.15, 0.2) is 186 Å². The van der Waals surface area contributed by atoms with Crippen molar-refractivity contribution in [2.45, 2.75) is 0 Å². The highest BCUT2D eigenvalue weighted by molar-refractivity contribution is 6.25. The third-order valence-corrected chi connectivity index (χ3v) is 9.23. The van der Waals surface area contributed by atoms with Crippen LogP contribution < -0.4 is 0 Å². The number of hydrogen-bond donors (Lipinski definition) is 0. The van der Waals surface area contributed by atoms with E-state index in [-0.39, 0.29) is 98.6 Å². The van der Waals surface area contributed by atoms with Crippen LogP contribution in [0.25, 0.3) is 98.8 Å². The Morgan fingerprint density at radius 2 is 1.02 bits per heavy atom. The van der Waals surface area contributed by atoms with Gasteiger partial charge in [-0.15, -0.1) is 0 Å². The first kappa shape index (κ1) is 19.4. The van der Waals surface area contributed by atoms with E-state index >= 15 is 0 Å². The van der Waals surface area contributed by atoms with Crippen LogP contribution in [0.5, 0.6) is 0 Å². The molecule has 0 atom stereocenters. The van der Waals surface area contributed by atoms with Crippen molar-refractivity contribution in [1.82, 2.24) is 0 Å². The second-order valence-electron chi connectivity index (χ2n) is 12.0. The molecule has 1 aromatic heterocycles. The number of fused-ring (bicyclic) bond motifs is 6. The average molecular weight is 633 g/mol. The SMILES string of the molecule is [2H]c1c([2H])c(-c2ccc3ccccc3c2)c([2H])c(-c2c3ccccc3c(-c3c([2H])c([2H])c([2H])c4oc5c([2H])c(-c6ccccc6)c([2H])c([2H])c5c34)c3ccccc23)c1[2H]. The van der Waals surface area contributed by atoms with E-state index in [1.54, 1.807) is 24.3 Å². The Morgan fingerprint density at radius 1 is 0.388 bits per heavy atom. The smallest absolute Gasteiger partial charge is 0.136 e. The molecular formula is C48H30O. The van der Waals surface area contributed by atoms with E-state index in [1.165, 1.54) is 0 Å². The van der Waals surface area contributed by atoms with Crippen molar-refractivity contribution in [1.29, 1.82) is 0 Å². The van der Waals surface area contributed by atoms with Crippen molar-refractivity contribution >= 4 is 54.3 Å². The zero-order chi connectivity index (χ0) is 41.0. The van der Waals surface area contributed by atoms with Crippen LogP contribution in [0.4, 0.5) is 0 Å². The van der Waals surface area contributed by atoms with E-state index < -0.39 is 6.04 Å². The molecule has 49 heavy (non-hydrogen) atoms. The molecule has 0 unspecified atom stereocenters. The van der Waals surface area contributed by atoms with Crippen LogP contribution in [0.3, 0.4) is 0 Å². The maximum atomic E-state index is 9.71. The summed E-state index contributed by atoms with van der Waals surface area (Å²) < 4.78 is 98.6. The van der Waals surface area contributed by atoms with Crippen LogP contribution in [0.1, 0.15) is 13.7 Å². The van der Waals surface area contributed by atoms with Crippen molar-refractivity contribution in [3.63, 3.8) is 0 Å². The van der Waals surface area contributed by atoms with Gasteiger partial charge in [-0.2, -0.15) is 0 Å². The lowest BCUT2D eigenvalue weighted by molar-refractivity contribution is 0.669. The normalized spacial score (nSPS) is 14.5. The first-order valence-electron chi connectivity index (χ1n) is 21.0. The predicted molar refractivity (Wildman–Crippen MR) is 208 cm³/mol. The van der Waals surface area contributed by atoms with Gasteiger partial charge in [0.15, 0.2) is 0 Å². The van der Waals surface area contributed by atoms with Crippen molar-refractivity contribution in [3.8, 4) is 44.5 Å². The van der Waals surface area contributed by atoms with Gasteiger partial charge in [0.1, 0.15) is 11.2 Å². The molecule has 9 aromatic carbocycles. The van der Waals surface area contributed by atoms with Gasteiger partial charge in [0.25, 0.3) is 0 Å². The molecule has 0 aliphatic carbocycles. The molecule has 0 saturated carbocycles. The Bertz CT molecular complexity index is 3390. The molecule has 1 heterocycles. The fraction of sp³-hybridized carbons (Fsp3) is 0. The van der Waals surface area contributed by atoms with Crippen LogP contribution >= 0.6 is 0 Å². The molecule has 0 bridgehead atoms. The van der Waals surface area contributed by atoms with Gasteiger partial charge in [-0.05, 0) is 107 Å². The molecule has 10 rings (SSSR count). The van der Waals surface area contributed by atoms with E-state index in [9.17, 15) is 6.85 Å². The van der Waals surface area contributed by atoms with Crippen molar-refractivity contribution < 1.29 is 18.1 Å². The van der Waals surface area contributed by atoms with Gasteiger partial charge >= 0.3 is 0 Å². The average Bonchev–Trinajstić information content (AvgIpc) is 3.66. The van der Waals surface area contributed by atoms with Gasteiger partial charge in [0.05, 0.1) is 13.7 Å². The van der Waals surface area contributed by atoms with Crippen molar-refractivity contribution in [3.05, 3.63) is 182 Å². The monoisotopic (exact) mass is 632 g/mol. The molecular weight excluding hydrogens is 593 g/mol. The van der Waals surface area contributed by atoms with Gasteiger partial charge in [-0.1, -0.05) is 152 Å². The minimum Gasteiger partial charge on any atom is -0.456 e. The number of furan rings is 1. The summed E-state index contributed by atoms with van der Waals surface area (Å²) in [4.78, 5) is 0. The standard InChI is InChI=1S/C48H30O/c1-2-12-31(13-3-1)36-26-27-42-45(30-36)49-44-23-11-22-43(48(42)44)47-40-20-8-6-18-38(40)46(39-19-7-9-21-41(39)47)37-17-10-16-34(29-37)35-25-24-32-14-4-5-15-33(32)28-35/h1-30H/i10D,11D,16D,17D,22D,23D,26D,27D,29D,30D. The third kappa shape index (κ3) is 4.47. The molecule has 0 saturated heterocycles. The minimum absolute atomic E-state index is 0.0257. The highest BCUT2D eigenvalue weighted by Crippen LogP contribution is 2.47. The van der Waals surface area contributed by atoms with E-state index in [1.807, 2.05) is 97.1 Å². The van der Waals surface area contributed by atoms with Crippen molar-refractivity contribution in [2.75, 3.05) is 0 Å². The summed E-state index contributed by atoms with van der Waals surface area (Å²) in [7, 11) is 0. The van der Waals surface area contributed by atoms with E-state index in [2.05, 4.69) is 0 Å². The molecule has 1 heteroatoms.